The molecule has 0 bridgehead atoms. The molecular weight excluding hydrogens is 306 g/mol. The molecule has 0 saturated carbocycles. The van der Waals surface area contributed by atoms with E-state index in [1.165, 1.54) is 0 Å². The van der Waals surface area contributed by atoms with Gasteiger partial charge in [-0.25, -0.2) is 0 Å². The van der Waals surface area contributed by atoms with E-state index in [2.05, 4.69) is 10.5 Å². The van der Waals surface area contributed by atoms with Crippen molar-refractivity contribution in [2.24, 2.45) is 0 Å². The first-order valence-electron chi connectivity index (χ1n) is 8.12. The minimum absolute atomic E-state index is 0.00935. The second-order valence-electron chi connectivity index (χ2n) is 5.59. The van der Waals surface area contributed by atoms with Crippen LogP contribution in [0, 0.1) is 6.92 Å². The molecule has 1 aromatic carbocycles. The lowest BCUT2D eigenvalue weighted by Crippen LogP contribution is -2.40. The van der Waals surface area contributed by atoms with Gasteiger partial charge in [-0.05, 0) is 25.8 Å². The predicted octanol–water partition coefficient (Wildman–Crippen LogP) is 2.96. The molecule has 0 aliphatic heterocycles. The second kappa shape index (κ2) is 8.29. The van der Waals surface area contributed by atoms with Crippen LogP contribution in [0.25, 0.3) is 0 Å². The Balaban J connectivity index is 2.03. The van der Waals surface area contributed by atoms with Gasteiger partial charge in [0.05, 0.1) is 12.5 Å². The highest BCUT2D eigenvalue weighted by molar-refractivity contribution is 5.94. The quantitative estimate of drug-likeness (QED) is 0.847. The number of aromatic nitrogens is 1. The molecule has 1 heterocycles. The van der Waals surface area contributed by atoms with Crippen molar-refractivity contribution in [3.63, 3.8) is 0 Å². The van der Waals surface area contributed by atoms with Crippen LogP contribution in [0.4, 0.5) is 5.82 Å². The third kappa shape index (κ3) is 4.44. The molecule has 2 aromatic rings. The van der Waals surface area contributed by atoms with E-state index >= 15 is 0 Å². The van der Waals surface area contributed by atoms with Crippen LogP contribution in [0.5, 0.6) is 0 Å². The number of aryl methyl sites for hydroxylation is 1. The van der Waals surface area contributed by atoms with Gasteiger partial charge in [0.1, 0.15) is 5.76 Å². The summed E-state index contributed by atoms with van der Waals surface area (Å²) in [5, 5.41) is 6.36. The van der Waals surface area contributed by atoms with E-state index in [1.807, 2.05) is 44.2 Å². The van der Waals surface area contributed by atoms with Crippen molar-refractivity contribution < 1.29 is 14.1 Å². The SMILES string of the molecule is CCC(C(=O)N(CC)CC(=O)Nc1cc(C)on1)c1ccccc1. The number of nitrogens with one attached hydrogen (secondary N) is 1. The number of benzene rings is 1. The minimum atomic E-state index is -0.290. The van der Waals surface area contributed by atoms with Crippen LogP contribution in [0.15, 0.2) is 40.9 Å². The molecule has 2 rings (SSSR count). The van der Waals surface area contributed by atoms with Gasteiger partial charge < -0.3 is 14.7 Å². The highest BCUT2D eigenvalue weighted by Crippen LogP contribution is 2.22. The summed E-state index contributed by atoms with van der Waals surface area (Å²) in [6.45, 7) is 6.04. The van der Waals surface area contributed by atoms with Gasteiger partial charge in [0.25, 0.3) is 0 Å². The summed E-state index contributed by atoms with van der Waals surface area (Å²) < 4.78 is 4.91. The molecule has 1 N–H and O–H groups in total. The fourth-order valence-electron chi connectivity index (χ4n) is 2.59. The van der Waals surface area contributed by atoms with Crippen molar-refractivity contribution in [1.29, 1.82) is 0 Å². The standard InChI is InChI=1S/C18H23N3O3/c1-4-15(14-9-7-6-8-10-14)18(23)21(5-2)12-17(22)19-16-11-13(3)24-20-16/h6-11,15H,4-5,12H2,1-3H3,(H,19,20,22). The van der Waals surface area contributed by atoms with Crippen molar-refractivity contribution >= 4 is 17.6 Å². The summed E-state index contributed by atoms with van der Waals surface area (Å²) in [4.78, 5) is 26.5. The molecule has 0 saturated heterocycles. The van der Waals surface area contributed by atoms with Crippen LogP contribution in [0.1, 0.15) is 37.5 Å². The Morgan fingerprint density at radius 3 is 2.50 bits per heavy atom. The van der Waals surface area contributed by atoms with E-state index in [-0.39, 0.29) is 24.3 Å². The van der Waals surface area contributed by atoms with Crippen LogP contribution in [-0.4, -0.2) is 35.0 Å². The maximum absolute atomic E-state index is 12.8. The van der Waals surface area contributed by atoms with Crippen LogP contribution >= 0.6 is 0 Å². The van der Waals surface area contributed by atoms with E-state index in [0.29, 0.717) is 24.5 Å². The molecule has 1 unspecified atom stereocenters. The Labute approximate surface area is 141 Å². The summed E-state index contributed by atoms with van der Waals surface area (Å²) in [5.74, 6) is 0.396. The Hall–Kier alpha value is -2.63. The van der Waals surface area contributed by atoms with Crippen LogP contribution in [0.2, 0.25) is 0 Å². The monoisotopic (exact) mass is 329 g/mol. The zero-order valence-electron chi connectivity index (χ0n) is 14.3. The van der Waals surface area contributed by atoms with Gasteiger partial charge in [-0.15, -0.1) is 0 Å². The highest BCUT2D eigenvalue weighted by atomic mass is 16.5. The smallest absolute Gasteiger partial charge is 0.245 e. The number of likely N-dealkylation sites (N-methyl/N-ethyl adjacent to an activating group) is 1. The molecule has 128 valence electrons. The topological polar surface area (TPSA) is 75.4 Å². The number of rotatable bonds is 7. The summed E-state index contributed by atoms with van der Waals surface area (Å²) in [7, 11) is 0. The highest BCUT2D eigenvalue weighted by Gasteiger charge is 2.25. The fraction of sp³-hybridized carbons (Fsp3) is 0.389. The number of hydrogen-bond donors (Lipinski definition) is 1. The molecule has 24 heavy (non-hydrogen) atoms. The maximum Gasteiger partial charge on any atom is 0.245 e. The average Bonchev–Trinajstić information content (AvgIpc) is 2.99. The number of nitrogens with zero attached hydrogens (tertiary/aromatic N) is 2. The van der Waals surface area contributed by atoms with E-state index in [1.54, 1.807) is 17.9 Å². The lowest BCUT2D eigenvalue weighted by atomic mass is 9.95. The van der Waals surface area contributed by atoms with E-state index in [9.17, 15) is 9.59 Å². The molecule has 0 spiro atoms. The number of carbonyl (C=O) groups excluding carboxylic acids is 2. The lowest BCUT2D eigenvalue weighted by Gasteiger charge is -2.25. The molecule has 0 aliphatic rings. The number of anilines is 1. The van der Waals surface area contributed by atoms with Crippen LogP contribution < -0.4 is 5.32 Å². The lowest BCUT2D eigenvalue weighted by molar-refractivity contribution is -0.135. The molecule has 0 radical (unpaired) electrons. The van der Waals surface area contributed by atoms with E-state index in [0.717, 1.165) is 5.56 Å². The van der Waals surface area contributed by atoms with Crippen molar-refractivity contribution in [1.82, 2.24) is 10.1 Å². The molecular formula is C18H23N3O3. The summed E-state index contributed by atoms with van der Waals surface area (Å²) in [5.41, 5.74) is 0.969. The van der Waals surface area contributed by atoms with Gasteiger partial charge in [-0.3, -0.25) is 9.59 Å². The first kappa shape index (κ1) is 17.7. The summed E-state index contributed by atoms with van der Waals surface area (Å²) >= 11 is 0. The Kier molecular flexibility index (Phi) is 6.12. The Morgan fingerprint density at radius 2 is 1.96 bits per heavy atom. The van der Waals surface area contributed by atoms with Crippen LogP contribution in [0.3, 0.4) is 0 Å². The van der Waals surface area contributed by atoms with E-state index in [4.69, 9.17) is 4.52 Å². The first-order chi connectivity index (χ1) is 11.5. The Bertz CT molecular complexity index is 682. The minimum Gasteiger partial charge on any atom is -0.360 e. The predicted molar refractivity (Wildman–Crippen MR) is 91.6 cm³/mol. The van der Waals surface area contributed by atoms with Crippen molar-refractivity contribution in [3.05, 3.63) is 47.7 Å². The molecule has 1 atom stereocenters. The van der Waals surface area contributed by atoms with Crippen molar-refractivity contribution in [2.75, 3.05) is 18.4 Å². The average molecular weight is 329 g/mol. The first-order valence-corrected chi connectivity index (χ1v) is 8.12. The third-order valence-corrected chi connectivity index (χ3v) is 3.83. The van der Waals surface area contributed by atoms with Gasteiger partial charge in [-0.1, -0.05) is 42.4 Å². The zero-order chi connectivity index (χ0) is 17.5. The van der Waals surface area contributed by atoms with Gasteiger partial charge in [-0.2, -0.15) is 0 Å². The number of carbonyl (C=O) groups is 2. The second-order valence-corrected chi connectivity index (χ2v) is 5.59. The molecule has 6 heteroatoms. The normalized spacial score (nSPS) is 11.8. The van der Waals surface area contributed by atoms with Crippen LogP contribution in [-0.2, 0) is 9.59 Å². The molecule has 0 fully saturated rings. The van der Waals surface area contributed by atoms with Crippen molar-refractivity contribution in [3.8, 4) is 0 Å². The molecule has 1 aromatic heterocycles. The summed E-state index contributed by atoms with van der Waals surface area (Å²) in [6, 6.07) is 11.3. The molecule has 2 amide bonds. The number of hydrogen-bond acceptors (Lipinski definition) is 4. The summed E-state index contributed by atoms with van der Waals surface area (Å²) in [6.07, 6.45) is 0.684. The van der Waals surface area contributed by atoms with Crippen molar-refractivity contribution in [2.45, 2.75) is 33.1 Å². The van der Waals surface area contributed by atoms with Gasteiger partial charge in [0, 0.05) is 12.6 Å². The molecule has 6 nitrogen and oxygen atoms in total. The largest absolute Gasteiger partial charge is 0.360 e. The van der Waals surface area contributed by atoms with Gasteiger partial charge in [0.2, 0.25) is 11.8 Å². The van der Waals surface area contributed by atoms with Gasteiger partial charge in [0.15, 0.2) is 5.82 Å². The fourth-order valence-corrected chi connectivity index (χ4v) is 2.59. The maximum atomic E-state index is 12.8. The van der Waals surface area contributed by atoms with Gasteiger partial charge >= 0.3 is 0 Å². The zero-order valence-corrected chi connectivity index (χ0v) is 14.3. The molecule has 0 aliphatic carbocycles. The third-order valence-electron chi connectivity index (χ3n) is 3.83. The Morgan fingerprint density at radius 1 is 1.25 bits per heavy atom. The number of amides is 2. The van der Waals surface area contributed by atoms with E-state index < -0.39 is 0 Å².